The van der Waals surface area contributed by atoms with Gasteiger partial charge in [0.1, 0.15) is 17.3 Å². The van der Waals surface area contributed by atoms with Gasteiger partial charge in [-0.15, -0.1) is 11.3 Å². The molecular weight excluding hydrogens is 324 g/mol. The Morgan fingerprint density at radius 3 is 2.79 bits per heavy atom. The molecule has 1 amide bonds. The van der Waals surface area contributed by atoms with E-state index in [-0.39, 0.29) is 17.9 Å². The van der Waals surface area contributed by atoms with Crippen molar-refractivity contribution < 1.29 is 9.53 Å². The van der Waals surface area contributed by atoms with Crippen molar-refractivity contribution in [3.63, 3.8) is 0 Å². The summed E-state index contributed by atoms with van der Waals surface area (Å²) in [4.78, 5) is 22.5. The van der Waals surface area contributed by atoms with Gasteiger partial charge in [0.25, 0.3) is 0 Å². The number of ether oxygens (including phenoxy) is 1. The molecule has 7 heteroatoms. The van der Waals surface area contributed by atoms with Gasteiger partial charge in [-0.1, -0.05) is 0 Å². The third kappa shape index (κ3) is 2.86. The number of nitrogens with zero attached hydrogens (tertiary/aromatic N) is 2. The molecule has 2 aromatic heterocycles. The van der Waals surface area contributed by atoms with Crippen molar-refractivity contribution in [2.24, 2.45) is 11.5 Å². The molecule has 0 aromatic carbocycles. The van der Waals surface area contributed by atoms with Gasteiger partial charge in [0.05, 0.1) is 5.39 Å². The smallest absolute Gasteiger partial charge is 0.225 e. The molecular formula is C17H22N4O2S. The van der Waals surface area contributed by atoms with E-state index in [1.165, 1.54) is 10.4 Å². The SMILES string of the molecule is NC(=O)C[C@H]1CCc2sc3ncnc(OC4CCC(N)CC4)c3c21. The second kappa shape index (κ2) is 6.29. The molecule has 2 aromatic rings. The van der Waals surface area contributed by atoms with E-state index >= 15 is 0 Å². The molecule has 0 spiro atoms. The minimum Gasteiger partial charge on any atom is -0.474 e. The van der Waals surface area contributed by atoms with Crippen molar-refractivity contribution >= 4 is 27.5 Å². The summed E-state index contributed by atoms with van der Waals surface area (Å²) < 4.78 is 6.24. The summed E-state index contributed by atoms with van der Waals surface area (Å²) in [5, 5.41) is 0.996. The molecule has 128 valence electrons. The van der Waals surface area contributed by atoms with Crippen LogP contribution in [0.3, 0.4) is 0 Å². The lowest BCUT2D eigenvalue weighted by molar-refractivity contribution is -0.118. The average Bonchev–Trinajstić information content (AvgIpc) is 3.09. The predicted molar refractivity (Wildman–Crippen MR) is 93.1 cm³/mol. The number of thiophene rings is 1. The van der Waals surface area contributed by atoms with Gasteiger partial charge in [0.2, 0.25) is 11.8 Å². The number of hydrogen-bond acceptors (Lipinski definition) is 6. The van der Waals surface area contributed by atoms with Crippen LogP contribution in [0, 0.1) is 0 Å². The third-order valence-corrected chi connectivity index (χ3v) is 6.31. The first-order valence-electron chi connectivity index (χ1n) is 8.58. The van der Waals surface area contributed by atoms with E-state index in [0.29, 0.717) is 18.3 Å². The molecule has 1 saturated carbocycles. The minimum atomic E-state index is -0.257. The van der Waals surface area contributed by atoms with Gasteiger partial charge in [-0.25, -0.2) is 9.97 Å². The quantitative estimate of drug-likeness (QED) is 0.883. The Morgan fingerprint density at radius 2 is 2.04 bits per heavy atom. The number of nitrogens with two attached hydrogens (primary N) is 2. The predicted octanol–water partition coefficient (Wildman–Crippen LogP) is 2.25. The molecule has 0 bridgehead atoms. The largest absolute Gasteiger partial charge is 0.474 e. The highest BCUT2D eigenvalue weighted by Gasteiger charge is 2.31. The Balaban J connectivity index is 1.68. The molecule has 1 fully saturated rings. The molecule has 0 aliphatic heterocycles. The Labute approximate surface area is 144 Å². The number of rotatable bonds is 4. The molecule has 2 aliphatic rings. The summed E-state index contributed by atoms with van der Waals surface area (Å²) in [7, 11) is 0. The van der Waals surface area contributed by atoms with E-state index in [2.05, 4.69) is 9.97 Å². The van der Waals surface area contributed by atoms with Crippen molar-refractivity contribution in [3.05, 3.63) is 16.8 Å². The van der Waals surface area contributed by atoms with E-state index in [9.17, 15) is 4.79 Å². The molecule has 0 unspecified atom stereocenters. The fourth-order valence-corrected chi connectivity index (χ4v) is 5.17. The molecule has 24 heavy (non-hydrogen) atoms. The van der Waals surface area contributed by atoms with Gasteiger partial charge in [0.15, 0.2) is 0 Å². The summed E-state index contributed by atoms with van der Waals surface area (Å²) in [6, 6.07) is 0.292. The van der Waals surface area contributed by atoms with E-state index in [0.717, 1.165) is 48.7 Å². The summed E-state index contributed by atoms with van der Waals surface area (Å²) in [6.07, 6.45) is 7.96. The van der Waals surface area contributed by atoms with Gasteiger partial charge in [-0.05, 0) is 50.0 Å². The Bertz CT molecular complexity index is 767. The van der Waals surface area contributed by atoms with Crippen LogP contribution < -0.4 is 16.2 Å². The van der Waals surface area contributed by atoms with Crippen LogP contribution in [-0.2, 0) is 11.2 Å². The number of primary amides is 1. The highest BCUT2D eigenvalue weighted by atomic mass is 32.1. The van der Waals surface area contributed by atoms with E-state index < -0.39 is 0 Å². The normalized spacial score (nSPS) is 26.5. The molecule has 6 nitrogen and oxygen atoms in total. The Kier molecular flexibility index (Phi) is 4.14. The second-order valence-electron chi connectivity index (χ2n) is 6.86. The maximum absolute atomic E-state index is 11.4. The monoisotopic (exact) mass is 346 g/mol. The lowest BCUT2D eigenvalue weighted by Gasteiger charge is -2.26. The zero-order valence-corrected chi connectivity index (χ0v) is 14.3. The van der Waals surface area contributed by atoms with Crippen molar-refractivity contribution in [3.8, 4) is 5.88 Å². The van der Waals surface area contributed by atoms with Crippen molar-refractivity contribution in [1.29, 1.82) is 0 Å². The van der Waals surface area contributed by atoms with E-state index in [1.54, 1.807) is 17.7 Å². The van der Waals surface area contributed by atoms with Crippen molar-refractivity contribution in [1.82, 2.24) is 9.97 Å². The fourth-order valence-electron chi connectivity index (χ4n) is 3.94. The summed E-state index contributed by atoms with van der Waals surface area (Å²) in [5.41, 5.74) is 12.6. The Hall–Kier alpha value is -1.73. The number of hydrogen-bond donors (Lipinski definition) is 2. The van der Waals surface area contributed by atoms with Crippen LogP contribution >= 0.6 is 11.3 Å². The molecule has 2 aliphatic carbocycles. The van der Waals surface area contributed by atoms with Crippen LogP contribution in [0.15, 0.2) is 6.33 Å². The minimum absolute atomic E-state index is 0.162. The maximum Gasteiger partial charge on any atom is 0.225 e. The lowest BCUT2D eigenvalue weighted by atomic mass is 9.93. The summed E-state index contributed by atoms with van der Waals surface area (Å²) in [5.74, 6) is 0.571. The van der Waals surface area contributed by atoms with Crippen molar-refractivity contribution in [2.45, 2.75) is 63.0 Å². The van der Waals surface area contributed by atoms with E-state index in [4.69, 9.17) is 16.2 Å². The third-order valence-electron chi connectivity index (χ3n) is 5.14. The first kappa shape index (κ1) is 15.8. The number of fused-ring (bicyclic) bond motifs is 3. The standard InChI is InChI=1S/C17H22N4O2S/c18-10-2-4-11(5-3-10)23-16-15-14-9(7-13(19)22)1-6-12(14)24-17(15)21-8-20-16/h8-11H,1-7,18H2,(H2,19,22)/t9-,10?,11?/m1/s1. The van der Waals surface area contributed by atoms with Gasteiger partial charge >= 0.3 is 0 Å². The van der Waals surface area contributed by atoms with Crippen LogP contribution in [0.5, 0.6) is 5.88 Å². The fraction of sp³-hybridized carbons (Fsp3) is 0.588. The summed E-state index contributed by atoms with van der Waals surface area (Å²) in [6.45, 7) is 0. The van der Waals surface area contributed by atoms with Crippen LogP contribution in [0.1, 0.15) is 54.9 Å². The number of carbonyl (C=O) groups is 1. The van der Waals surface area contributed by atoms with Gasteiger partial charge in [0, 0.05) is 17.3 Å². The highest BCUT2D eigenvalue weighted by Crippen LogP contribution is 2.47. The first-order valence-corrected chi connectivity index (χ1v) is 9.40. The number of aromatic nitrogens is 2. The maximum atomic E-state index is 11.4. The first-order chi connectivity index (χ1) is 11.6. The Morgan fingerprint density at radius 1 is 1.25 bits per heavy atom. The molecule has 0 saturated heterocycles. The van der Waals surface area contributed by atoms with Crippen LogP contribution in [0.4, 0.5) is 0 Å². The van der Waals surface area contributed by atoms with Gasteiger partial charge in [-0.3, -0.25) is 4.79 Å². The number of aryl methyl sites for hydroxylation is 1. The molecule has 4 N–H and O–H groups in total. The van der Waals surface area contributed by atoms with Gasteiger partial charge < -0.3 is 16.2 Å². The zero-order valence-electron chi connectivity index (χ0n) is 13.5. The molecule has 1 atom stereocenters. The van der Waals surface area contributed by atoms with Gasteiger partial charge in [-0.2, -0.15) is 0 Å². The topological polar surface area (TPSA) is 104 Å². The van der Waals surface area contributed by atoms with Crippen molar-refractivity contribution in [2.75, 3.05) is 0 Å². The number of carbonyl (C=O) groups excluding carboxylic acids is 1. The molecule has 4 rings (SSSR count). The van der Waals surface area contributed by atoms with Crippen LogP contribution in [-0.4, -0.2) is 28.0 Å². The average molecular weight is 346 g/mol. The van der Waals surface area contributed by atoms with Crippen LogP contribution in [0.2, 0.25) is 0 Å². The second-order valence-corrected chi connectivity index (χ2v) is 7.94. The highest BCUT2D eigenvalue weighted by molar-refractivity contribution is 7.19. The number of amides is 1. The molecule has 0 radical (unpaired) electrons. The van der Waals surface area contributed by atoms with E-state index in [1.807, 2.05) is 0 Å². The zero-order chi connectivity index (χ0) is 16.7. The lowest BCUT2D eigenvalue weighted by Crippen LogP contribution is -2.31. The molecule has 2 heterocycles. The summed E-state index contributed by atoms with van der Waals surface area (Å²) >= 11 is 1.69. The van der Waals surface area contributed by atoms with Crippen LogP contribution in [0.25, 0.3) is 10.2 Å².